The minimum absolute atomic E-state index is 0.0284. The third-order valence-electron chi connectivity index (χ3n) is 3.38. The van der Waals surface area contributed by atoms with E-state index in [1.807, 2.05) is 0 Å². The van der Waals surface area contributed by atoms with Crippen LogP contribution in [0.4, 0.5) is 14.5 Å². The van der Waals surface area contributed by atoms with E-state index < -0.39 is 11.6 Å². The van der Waals surface area contributed by atoms with Gasteiger partial charge in [0, 0.05) is 22.8 Å². The maximum absolute atomic E-state index is 13.7. The highest BCUT2D eigenvalue weighted by molar-refractivity contribution is 6.31. The van der Waals surface area contributed by atoms with Crippen LogP contribution in [-0.4, -0.2) is 24.4 Å². The van der Waals surface area contributed by atoms with Crippen LogP contribution in [0.5, 0.6) is 0 Å². The third kappa shape index (κ3) is 4.74. The van der Waals surface area contributed by atoms with Gasteiger partial charge in [-0.25, -0.2) is 8.78 Å². The van der Waals surface area contributed by atoms with E-state index in [0.29, 0.717) is 16.3 Å². The number of rotatable bonds is 5. The Hall–Kier alpha value is -1.98. The van der Waals surface area contributed by atoms with Gasteiger partial charge in [-0.1, -0.05) is 23.7 Å². The van der Waals surface area contributed by atoms with E-state index in [2.05, 4.69) is 5.32 Å². The molecule has 0 saturated carbocycles. The number of carbonyl (C=O) groups excluding carboxylic acids is 1. The van der Waals surface area contributed by atoms with Gasteiger partial charge in [0.05, 0.1) is 6.54 Å². The van der Waals surface area contributed by atoms with Crippen LogP contribution in [0.2, 0.25) is 5.02 Å². The van der Waals surface area contributed by atoms with Crippen LogP contribution in [-0.2, 0) is 11.3 Å². The minimum atomic E-state index is -0.419. The second kappa shape index (κ2) is 7.53. The summed E-state index contributed by atoms with van der Waals surface area (Å²) in [6.07, 6.45) is 0. The standard InChI is InChI=1S/C17H17ClF2N2O/c1-11-6-7-12(19)8-16(11)21-17(23)10-22(2)9-13-14(18)4-3-5-15(13)20/h3-8H,9-10H2,1-2H3,(H,21,23). The van der Waals surface area contributed by atoms with Crippen molar-refractivity contribution in [3.8, 4) is 0 Å². The van der Waals surface area contributed by atoms with Crippen LogP contribution >= 0.6 is 11.6 Å². The molecule has 2 aromatic carbocycles. The Balaban J connectivity index is 1.98. The fourth-order valence-electron chi connectivity index (χ4n) is 2.17. The average Bonchev–Trinajstić information content (AvgIpc) is 2.47. The predicted octanol–water partition coefficient (Wildman–Crippen LogP) is 4.00. The fraction of sp³-hybridized carbons (Fsp3) is 0.235. The van der Waals surface area contributed by atoms with E-state index >= 15 is 0 Å². The van der Waals surface area contributed by atoms with Crippen LogP contribution in [0, 0.1) is 18.6 Å². The molecule has 0 aliphatic rings. The van der Waals surface area contributed by atoms with Crippen LogP contribution < -0.4 is 5.32 Å². The van der Waals surface area contributed by atoms with E-state index in [1.165, 1.54) is 24.3 Å². The first-order chi connectivity index (χ1) is 10.9. The topological polar surface area (TPSA) is 32.3 Å². The first-order valence-corrected chi connectivity index (χ1v) is 7.42. The zero-order valence-electron chi connectivity index (χ0n) is 12.9. The number of hydrogen-bond acceptors (Lipinski definition) is 2. The van der Waals surface area contributed by atoms with Gasteiger partial charge in [-0.05, 0) is 43.8 Å². The largest absolute Gasteiger partial charge is 0.325 e. The summed E-state index contributed by atoms with van der Waals surface area (Å²) in [5, 5.41) is 2.97. The van der Waals surface area contributed by atoms with Gasteiger partial charge in [0.1, 0.15) is 11.6 Å². The molecule has 0 fully saturated rings. The molecule has 23 heavy (non-hydrogen) atoms. The van der Waals surface area contributed by atoms with Crippen molar-refractivity contribution in [2.45, 2.75) is 13.5 Å². The van der Waals surface area contributed by atoms with Crippen molar-refractivity contribution in [2.75, 3.05) is 18.9 Å². The quantitative estimate of drug-likeness (QED) is 0.893. The summed E-state index contributed by atoms with van der Waals surface area (Å²) in [6, 6.07) is 8.64. The molecule has 0 radical (unpaired) electrons. The molecule has 1 amide bonds. The summed E-state index contributed by atoms with van der Waals surface area (Å²) in [5.41, 5.74) is 1.53. The molecule has 0 heterocycles. The zero-order chi connectivity index (χ0) is 17.0. The van der Waals surface area contributed by atoms with Gasteiger partial charge < -0.3 is 5.32 Å². The Labute approximate surface area is 138 Å². The van der Waals surface area contributed by atoms with E-state index in [4.69, 9.17) is 11.6 Å². The number of anilines is 1. The molecule has 2 aromatic rings. The summed E-state index contributed by atoms with van der Waals surface area (Å²) in [7, 11) is 1.68. The lowest BCUT2D eigenvalue weighted by molar-refractivity contribution is -0.117. The van der Waals surface area contributed by atoms with E-state index in [1.54, 1.807) is 31.0 Å². The molecule has 0 saturated heterocycles. The fourth-order valence-corrected chi connectivity index (χ4v) is 2.40. The Morgan fingerprint density at radius 2 is 2.00 bits per heavy atom. The molecule has 0 unspecified atom stereocenters. The van der Waals surface area contributed by atoms with Gasteiger partial charge in [0.25, 0.3) is 0 Å². The molecule has 0 aliphatic carbocycles. The van der Waals surface area contributed by atoms with Crippen LogP contribution in [0.15, 0.2) is 36.4 Å². The van der Waals surface area contributed by atoms with Crippen molar-refractivity contribution in [2.24, 2.45) is 0 Å². The minimum Gasteiger partial charge on any atom is -0.325 e. The number of likely N-dealkylation sites (N-methyl/N-ethyl adjacent to an activating group) is 1. The Morgan fingerprint density at radius 1 is 1.26 bits per heavy atom. The van der Waals surface area contributed by atoms with Crippen molar-refractivity contribution in [1.82, 2.24) is 4.90 Å². The van der Waals surface area contributed by atoms with E-state index in [-0.39, 0.29) is 19.0 Å². The monoisotopic (exact) mass is 338 g/mol. The molecule has 1 N–H and O–H groups in total. The van der Waals surface area contributed by atoms with Gasteiger partial charge >= 0.3 is 0 Å². The number of nitrogens with zero attached hydrogens (tertiary/aromatic N) is 1. The molecule has 3 nitrogen and oxygen atoms in total. The Kier molecular flexibility index (Phi) is 5.69. The molecule has 0 aromatic heterocycles. The van der Waals surface area contributed by atoms with Crippen molar-refractivity contribution < 1.29 is 13.6 Å². The van der Waals surface area contributed by atoms with E-state index in [0.717, 1.165) is 5.56 Å². The van der Waals surface area contributed by atoms with Crippen LogP contribution in [0.3, 0.4) is 0 Å². The highest BCUT2D eigenvalue weighted by atomic mass is 35.5. The van der Waals surface area contributed by atoms with Crippen molar-refractivity contribution in [1.29, 1.82) is 0 Å². The zero-order valence-corrected chi connectivity index (χ0v) is 13.6. The maximum atomic E-state index is 13.7. The lowest BCUT2D eigenvalue weighted by Crippen LogP contribution is -2.30. The van der Waals surface area contributed by atoms with Crippen LogP contribution in [0.1, 0.15) is 11.1 Å². The molecule has 0 bridgehead atoms. The number of halogens is 3. The number of hydrogen-bond donors (Lipinski definition) is 1. The van der Waals surface area contributed by atoms with Crippen molar-refractivity contribution in [3.05, 3.63) is 64.2 Å². The molecule has 0 spiro atoms. The van der Waals surface area contributed by atoms with Gasteiger partial charge in [-0.3, -0.25) is 9.69 Å². The molecule has 2 rings (SSSR count). The normalized spacial score (nSPS) is 10.9. The smallest absolute Gasteiger partial charge is 0.238 e. The van der Waals surface area contributed by atoms with Gasteiger partial charge in [0.2, 0.25) is 5.91 Å². The summed E-state index contributed by atoms with van der Waals surface area (Å²) in [6.45, 7) is 2.00. The molecule has 122 valence electrons. The van der Waals surface area contributed by atoms with E-state index in [9.17, 15) is 13.6 Å². The summed E-state index contributed by atoms with van der Waals surface area (Å²) in [5.74, 6) is -1.14. The summed E-state index contributed by atoms with van der Waals surface area (Å²) < 4.78 is 27.0. The molecule has 0 aliphatic heterocycles. The van der Waals surface area contributed by atoms with Crippen molar-refractivity contribution >= 4 is 23.2 Å². The van der Waals surface area contributed by atoms with Crippen LogP contribution in [0.25, 0.3) is 0 Å². The number of nitrogens with one attached hydrogen (secondary N) is 1. The highest BCUT2D eigenvalue weighted by Crippen LogP contribution is 2.20. The summed E-state index contributed by atoms with van der Waals surface area (Å²) >= 11 is 5.97. The molecule has 0 atom stereocenters. The van der Waals surface area contributed by atoms with Crippen molar-refractivity contribution in [3.63, 3.8) is 0 Å². The Morgan fingerprint density at radius 3 is 2.70 bits per heavy atom. The highest BCUT2D eigenvalue weighted by Gasteiger charge is 2.13. The molecular weight excluding hydrogens is 322 g/mol. The third-order valence-corrected chi connectivity index (χ3v) is 3.73. The first-order valence-electron chi connectivity index (χ1n) is 7.04. The maximum Gasteiger partial charge on any atom is 0.238 e. The predicted molar refractivity (Wildman–Crippen MR) is 87.5 cm³/mol. The lowest BCUT2D eigenvalue weighted by atomic mass is 10.2. The molecular formula is C17H17ClF2N2O. The second-order valence-electron chi connectivity index (χ2n) is 5.38. The second-order valence-corrected chi connectivity index (χ2v) is 5.79. The average molecular weight is 339 g/mol. The number of benzene rings is 2. The number of carbonyl (C=O) groups is 1. The first kappa shape index (κ1) is 17.4. The number of amides is 1. The van der Waals surface area contributed by atoms with Gasteiger partial charge in [-0.15, -0.1) is 0 Å². The lowest BCUT2D eigenvalue weighted by Gasteiger charge is -2.18. The Bertz CT molecular complexity index is 701. The van der Waals surface area contributed by atoms with Gasteiger partial charge in [0.15, 0.2) is 0 Å². The molecule has 6 heteroatoms. The summed E-state index contributed by atoms with van der Waals surface area (Å²) in [4.78, 5) is 13.7. The number of aryl methyl sites for hydroxylation is 1. The SMILES string of the molecule is Cc1ccc(F)cc1NC(=O)CN(C)Cc1c(F)cccc1Cl. The van der Waals surface area contributed by atoms with Gasteiger partial charge in [-0.2, -0.15) is 0 Å².